The summed E-state index contributed by atoms with van der Waals surface area (Å²) in [6, 6.07) is 13.6. The van der Waals surface area contributed by atoms with Crippen LogP contribution in [0.3, 0.4) is 0 Å². The van der Waals surface area contributed by atoms with Gasteiger partial charge in [-0.2, -0.15) is 10.4 Å². The van der Waals surface area contributed by atoms with Gasteiger partial charge in [-0.25, -0.2) is 19.5 Å². The lowest BCUT2D eigenvalue weighted by atomic mass is 9.87. The van der Waals surface area contributed by atoms with Gasteiger partial charge >= 0.3 is 0 Å². The maximum absolute atomic E-state index is 9.73. The van der Waals surface area contributed by atoms with Gasteiger partial charge in [-0.3, -0.25) is 4.90 Å². The molecule has 0 saturated carbocycles. The Morgan fingerprint density at radius 1 is 1.10 bits per heavy atom. The zero-order valence-electron chi connectivity index (χ0n) is 22.8. The summed E-state index contributed by atoms with van der Waals surface area (Å²) < 4.78 is 8.98. The Hall–Kier alpha value is -4.95. The van der Waals surface area contributed by atoms with Crippen LogP contribution in [0.4, 0.5) is 11.5 Å². The average molecular weight is 547 g/mol. The van der Waals surface area contributed by atoms with Crippen LogP contribution >= 0.6 is 0 Å². The molecule has 3 aliphatic rings. The molecular weight excluding hydrogens is 516 g/mol. The van der Waals surface area contributed by atoms with Gasteiger partial charge in [-0.05, 0) is 30.2 Å². The van der Waals surface area contributed by atoms with E-state index in [9.17, 15) is 5.26 Å². The largest absolute Gasteiger partial charge is 0.481 e. The van der Waals surface area contributed by atoms with Crippen LogP contribution < -0.4 is 15.0 Å². The number of piperazine rings is 1. The van der Waals surface area contributed by atoms with E-state index in [4.69, 9.17) is 9.72 Å². The first kappa shape index (κ1) is 25.0. The van der Waals surface area contributed by atoms with Crippen molar-refractivity contribution in [2.45, 2.75) is 31.6 Å². The molecular formula is C30H30N10O. The molecule has 5 aromatic rings. The maximum atomic E-state index is 9.73. The second-order valence-electron chi connectivity index (χ2n) is 10.6. The standard InChI is InChI=1S/C30H30N10O/c1-41-29-5-2-21(13-35-29)16-39-25-11-26(39)19-38(18-25)28-4-3-22(14-34-28)27-10-24(33-7-9-37-8-6-32-20-37)17-40-30(27)23(12-31)15-36-40/h2-6,8,10,13-15,17,20,25-26,33H,7,9,11,16,18-19H2,1H3. The summed E-state index contributed by atoms with van der Waals surface area (Å²) in [5.74, 6) is 1.62. The Labute approximate surface area is 237 Å². The van der Waals surface area contributed by atoms with Crippen LogP contribution in [-0.2, 0) is 13.1 Å². The predicted octanol–water partition coefficient (Wildman–Crippen LogP) is 3.44. The van der Waals surface area contributed by atoms with Crippen LogP contribution in [0.2, 0.25) is 0 Å². The van der Waals surface area contributed by atoms with Gasteiger partial charge < -0.3 is 19.5 Å². The van der Waals surface area contributed by atoms with Crippen molar-refractivity contribution >= 4 is 17.0 Å². The Morgan fingerprint density at radius 3 is 2.71 bits per heavy atom. The molecule has 3 saturated heterocycles. The lowest BCUT2D eigenvalue weighted by molar-refractivity contribution is -0.00876. The van der Waals surface area contributed by atoms with Crippen molar-refractivity contribution in [3.05, 3.63) is 85.0 Å². The highest BCUT2D eigenvalue weighted by atomic mass is 16.5. The quantitative estimate of drug-likeness (QED) is 0.297. The third-order valence-corrected chi connectivity index (χ3v) is 8.09. The number of imidazole rings is 1. The Bertz CT molecular complexity index is 1680. The van der Waals surface area contributed by atoms with Crippen molar-refractivity contribution in [2.24, 2.45) is 0 Å². The predicted molar refractivity (Wildman–Crippen MR) is 155 cm³/mol. The van der Waals surface area contributed by atoms with E-state index < -0.39 is 0 Å². The highest BCUT2D eigenvalue weighted by Gasteiger charge is 2.44. The third kappa shape index (κ3) is 4.83. The molecule has 5 aromatic heterocycles. The van der Waals surface area contributed by atoms with E-state index in [1.165, 1.54) is 12.0 Å². The molecule has 0 aliphatic carbocycles. The van der Waals surface area contributed by atoms with Gasteiger partial charge in [-0.1, -0.05) is 6.07 Å². The molecule has 1 N–H and O–H groups in total. The lowest BCUT2D eigenvalue weighted by Crippen LogP contribution is -2.68. The van der Waals surface area contributed by atoms with E-state index in [0.29, 0.717) is 23.5 Å². The van der Waals surface area contributed by atoms with E-state index in [-0.39, 0.29) is 0 Å². The SMILES string of the molecule is COc1ccc(CN2C3CC2CN(c2ccc(-c4cc(NCCn5ccnc5)cn5ncc(C#N)c45)cn2)C3)cn1. The number of nitrogens with zero attached hydrogens (tertiary/aromatic N) is 9. The number of aromatic nitrogens is 6. The van der Waals surface area contributed by atoms with Gasteiger partial charge in [0.2, 0.25) is 5.88 Å². The first-order chi connectivity index (χ1) is 20.2. The molecule has 0 amide bonds. The average Bonchev–Trinajstić information content (AvgIpc) is 3.70. The number of piperidine rings is 1. The monoisotopic (exact) mass is 546 g/mol. The minimum absolute atomic E-state index is 0.506. The molecule has 2 atom stereocenters. The number of hydrogen-bond acceptors (Lipinski definition) is 9. The fourth-order valence-electron chi connectivity index (χ4n) is 5.97. The summed E-state index contributed by atoms with van der Waals surface area (Å²) >= 11 is 0. The Balaban J connectivity index is 1.07. The summed E-state index contributed by atoms with van der Waals surface area (Å²) in [5.41, 5.74) is 5.32. The van der Waals surface area contributed by atoms with Gasteiger partial charge in [0, 0.05) is 86.8 Å². The number of anilines is 2. The Morgan fingerprint density at radius 2 is 2.00 bits per heavy atom. The summed E-state index contributed by atoms with van der Waals surface area (Å²) in [5, 5.41) is 17.6. The van der Waals surface area contributed by atoms with Crippen molar-refractivity contribution in [1.82, 2.24) is 34.0 Å². The number of nitrogens with one attached hydrogen (secondary N) is 1. The van der Waals surface area contributed by atoms with Crippen molar-refractivity contribution < 1.29 is 4.74 Å². The topological polar surface area (TPSA) is 112 Å². The smallest absolute Gasteiger partial charge is 0.212 e. The molecule has 2 bridgehead atoms. The number of hydrogen-bond donors (Lipinski definition) is 1. The van der Waals surface area contributed by atoms with Crippen LogP contribution in [0, 0.1) is 11.3 Å². The minimum Gasteiger partial charge on any atom is -0.481 e. The molecule has 8 heterocycles. The number of pyridine rings is 3. The second kappa shape index (κ2) is 10.6. The van der Waals surface area contributed by atoms with E-state index in [2.05, 4.69) is 60.5 Å². The van der Waals surface area contributed by atoms with Crippen molar-refractivity contribution in [3.8, 4) is 23.1 Å². The van der Waals surface area contributed by atoms with Gasteiger partial charge in [0.25, 0.3) is 0 Å². The molecule has 8 rings (SSSR count). The summed E-state index contributed by atoms with van der Waals surface area (Å²) in [6.07, 6.45) is 14.1. The number of ether oxygens (including phenoxy) is 1. The second-order valence-corrected chi connectivity index (χ2v) is 10.6. The number of fused-ring (bicyclic) bond motifs is 3. The van der Waals surface area contributed by atoms with Crippen molar-refractivity contribution in [2.75, 3.05) is 37.0 Å². The van der Waals surface area contributed by atoms with Crippen LogP contribution in [0.15, 0.2) is 73.8 Å². The highest BCUT2D eigenvalue weighted by Crippen LogP contribution is 2.36. The fraction of sp³-hybridized carbons (Fsp3) is 0.300. The summed E-state index contributed by atoms with van der Waals surface area (Å²) in [4.78, 5) is 18.3. The third-order valence-electron chi connectivity index (χ3n) is 8.09. The van der Waals surface area contributed by atoms with Gasteiger partial charge in [0.05, 0.1) is 42.6 Å². The van der Waals surface area contributed by atoms with E-state index >= 15 is 0 Å². The van der Waals surface area contributed by atoms with Crippen molar-refractivity contribution in [1.29, 1.82) is 5.26 Å². The molecule has 2 unspecified atom stereocenters. The Kier molecular flexibility index (Phi) is 6.45. The molecule has 11 nitrogen and oxygen atoms in total. The zero-order valence-corrected chi connectivity index (χ0v) is 22.8. The van der Waals surface area contributed by atoms with Crippen LogP contribution in [-0.4, -0.2) is 72.9 Å². The lowest BCUT2D eigenvalue weighted by Gasteiger charge is -2.56. The fourth-order valence-corrected chi connectivity index (χ4v) is 5.97. The zero-order chi connectivity index (χ0) is 27.8. The molecule has 41 heavy (non-hydrogen) atoms. The number of nitriles is 1. The van der Waals surface area contributed by atoms with Crippen LogP contribution in [0.1, 0.15) is 17.5 Å². The molecule has 0 spiro atoms. The van der Waals surface area contributed by atoms with Crippen molar-refractivity contribution in [3.63, 3.8) is 0 Å². The maximum Gasteiger partial charge on any atom is 0.212 e. The van der Waals surface area contributed by atoms with Gasteiger partial charge in [0.1, 0.15) is 11.9 Å². The first-order valence-electron chi connectivity index (χ1n) is 13.8. The number of methoxy groups -OCH3 is 1. The van der Waals surface area contributed by atoms with Gasteiger partial charge in [0.15, 0.2) is 0 Å². The molecule has 11 heteroatoms. The molecule has 206 valence electrons. The van der Waals surface area contributed by atoms with Gasteiger partial charge in [-0.15, -0.1) is 0 Å². The van der Waals surface area contributed by atoms with E-state index in [1.54, 1.807) is 30.3 Å². The first-order valence-corrected chi connectivity index (χ1v) is 13.8. The minimum atomic E-state index is 0.506. The van der Waals surface area contributed by atoms with Crippen LogP contribution in [0.5, 0.6) is 5.88 Å². The normalized spacial score (nSPS) is 18.2. The molecule has 0 radical (unpaired) electrons. The van der Waals surface area contributed by atoms with E-state index in [0.717, 1.165) is 60.9 Å². The highest BCUT2D eigenvalue weighted by molar-refractivity contribution is 5.86. The van der Waals surface area contributed by atoms with E-state index in [1.807, 2.05) is 35.4 Å². The summed E-state index contributed by atoms with van der Waals surface area (Å²) in [6.45, 7) is 4.33. The van der Waals surface area contributed by atoms with Crippen LogP contribution in [0.25, 0.3) is 16.6 Å². The number of rotatable bonds is 9. The summed E-state index contributed by atoms with van der Waals surface area (Å²) in [7, 11) is 1.64. The molecule has 0 aromatic carbocycles. The molecule has 3 aliphatic heterocycles. The molecule has 3 fully saturated rings.